The van der Waals surface area contributed by atoms with Gasteiger partial charge in [-0.05, 0) is 25.7 Å². The monoisotopic (exact) mass is 159 g/mol. The zero-order chi connectivity index (χ0) is 8.69. The van der Waals surface area contributed by atoms with Crippen LogP contribution in [0, 0.1) is 5.92 Å². The van der Waals surface area contributed by atoms with E-state index in [1.165, 1.54) is 12.8 Å². The maximum Gasteiger partial charge on any atom is 0.102 e. The lowest BCUT2D eigenvalue weighted by Gasteiger charge is -2.09. The van der Waals surface area contributed by atoms with Gasteiger partial charge in [-0.2, -0.15) is 0 Å². The molecule has 0 fully saturated rings. The molecule has 0 aromatic heterocycles. The van der Waals surface area contributed by atoms with Crippen molar-refractivity contribution in [2.75, 3.05) is 6.61 Å². The van der Waals surface area contributed by atoms with Gasteiger partial charge in [0.15, 0.2) is 0 Å². The van der Waals surface area contributed by atoms with Crippen LogP contribution in [0.5, 0.6) is 0 Å². The first-order valence-electron chi connectivity index (χ1n) is 4.54. The maximum atomic E-state index is 5.42. The van der Waals surface area contributed by atoms with E-state index in [4.69, 9.17) is 10.5 Å². The molecule has 0 spiro atoms. The van der Waals surface area contributed by atoms with Crippen LogP contribution in [0.3, 0.4) is 0 Å². The second-order valence-electron chi connectivity index (χ2n) is 3.23. The first-order valence-corrected chi connectivity index (χ1v) is 4.54. The highest BCUT2D eigenvalue weighted by atomic mass is 16.5. The average molecular weight is 159 g/mol. The number of rotatable bonds is 6. The normalized spacial score (nSPS) is 16.4. The van der Waals surface area contributed by atoms with Crippen LogP contribution in [0.2, 0.25) is 0 Å². The van der Waals surface area contributed by atoms with Crippen LogP contribution < -0.4 is 5.73 Å². The third kappa shape index (κ3) is 7.82. The lowest BCUT2D eigenvalue weighted by Crippen LogP contribution is -2.19. The minimum absolute atomic E-state index is 0.105. The second-order valence-corrected chi connectivity index (χ2v) is 3.23. The Hall–Kier alpha value is -0.0800. The van der Waals surface area contributed by atoms with Crippen LogP contribution in [-0.2, 0) is 4.74 Å². The van der Waals surface area contributed by atoms with Gasteiger partial charge in [0.2, 0.25) is 0 Å². The number of nitrogens with two attached hydrogens (primary N) is 1. The van der Waals surface area contributed by atoms with Gasteiger partial charge in [0.1, 0.15) is 6.23 Å². The molecule has 0 saturated carbocycles. The molecule has 0 saturated heterocycles. The van der Waals surface area contributed by atoms with Gasteiger partial charge in [0.05, 0.1) is 0 Å². The highest BCUT2D eigenvalue weighted by Crippen LogP contribution is 2.08. The third-order valence-electron chi connectivity index (χ3n) is 1.92. The summed E-state index contributed by atoms with van der Waals surface area (Å²) in [5, 5.41) is 0. The zero-order valence-electron chi connectivity index (χ0n) is 7.97. The van der Waals surface area contributed by atoms with E-state index in [0.717, 1.165) is 18.9 Å². The van der Waals surface area contributed by atoms with Gasteiger partial charge >= 0.3 is 0 Å². The highest BCUT2D eigenvalue weighted by molar-refractivity contribution is 4.49. The Morgan fingerprint density at radius 3 is 2.45 bits per heavy atom. The molecule has 11 heavy (non-hydrogen) atoms. The van der Waals surface area contributed by atoms with Crippen molar-refractivity contribution in [1.82, 2.24) is 0 Å². The van der Waals surface area contributed by atoms with E-state index in [0.29, 0.717) is 0 Å². The maximum absolute atomic E-state index is 5.42. The molecule has 2 atom stereocenters. The number of hydrogen-bond donors (Lipinski definition) is 1. The van der Waals surface area contributed by atoms with Gasteiger partial charge in [-0.3, -0.25) is 0 Å². The summed E-state index contributed by atoms with van der Waals surface area (Å²) in [4.78, 5) is 0. The van der Waals surface area contributed by atoms with Gasteiger partial charge in [0, 0.05) is 6.61 Å². The molecule has 0 bridgehead atoms. The predicted octanol–water partition coefficient (Wildman–Crippen LogP) is 2.13. The van der Waals surface area contributed by atoms with Gasteiger partial charge in [-0.1, -0.05) is 20.3 Å². The molecule has 0 amide bonds. The summed E-state index contributed by atoms with van der Waals surface area (Å²) in [6.45, 7) is 7.16. The Bertz CT molecular complexity index is 83.6. The Morgan fingerprint density at radius 2 is 2.00 bits per heavy atom. The van der Waals surface area contributed by atoms with Crippen molar-refractivity contribution in [1.29, 1.82) is 0 Å². The smallest absolute Gasteiger partial charge is 0.102 e. The van der Waals surface area contributed by atoms with E-state index in [-0.39, 0.29) is 6.23 Å². The first-order chi connectivity index (χ1) is 5.16. The van der Waals surface area contributed by atoms with Crippen molar-refractivity contribution >= 4 is 0 Å². The minimum atomic E-state index is -0.105. The van der Waals surface area contributed by atoms with Crippen LogP contribution in [-0.4, -0.2) is 12.8 Å². The summed E-state index contributed by atoms with van der Waals surface area (Å²) in [5.41, 5.74) is 5.42. The fourth-order valence-electron chi connectivity index (χ4n) is 0.905. The fourth-order valence-corrected chi connectivity index (χ4v) is 0.905. The molecule has 0 heterocycles. The van der Waals surface area contributed by atoms with Crippen molar-refractivity contribution in [3.05, 3.63) is 0 Å². The summed E-state index contributed by atoms with van der Waals surface area (Å²) >= 11 is 0. The van der Waals surface area contributed by atoms with Gasteiger partial charge < -0.3 is 10.5 Å². The molecule has 2 N–H and O–H groups in total. The molecule has 0 aromatic rings. The van der Waals surface area contributed by atoms with Crippen molar-refractivity contribution in [3.8, 4) is 0 Å². The molecule has 68 valence electrons. The van der Waals surface area contributed by atoms with E-state index < -0.39 is 0 Å². The molecule has 0 aliphatic rings. The largest absolute Gasteiger partial charge is 0.364 e. The Kier molecular flexibility index (Phi) is 6.57. The van der Waals surface area contributed by atoms with Crippen LogP contribution in [0.15, 0.2) is 0 Å². The van der Waals surface area contributed by atoms with Gasteiger partial charge in [0.25, 0.3) is 0 Å². The predicted molar refractivity (Wildman–Crippen MR) is 48.3 cm³/mol. The quantitative estimate of drug-likeness (QED) is 0.476. The second kappa shape index (κ2) is 6.62. The highest BCUT2D eigenvalue weighted by Gasteiger charge is 1.98. The summed E-state index contributed by atoms with van der Waals surface area (Å²) in [6.07, 6.45) is 3.55. The fraction of sp³-hybridized carbons (Fsp3) is 1.00. The molecule has 2 nitrogen and oxygen atoms in total. The Morgan fingerprint density at radius 1 is 1.36 bits per heavy atom. The van der Waals surface area contributed by atoms with Crippen molar-refractivity contribution in [3.63, 3.8) is 0 Å². The SMILES string of the molecule is CCC(C)CCCOC(C)N. The van der Waals surface area contributed by atoms with Crippen molar-refractivity contribution in [2.45, 2.75) is 46.3 Å². The molecule has 0 aromatic carbocycles. The topological polar surface area (TPSA) is 35.2 Å². The molecule has 2 heteroatoms. The van der Waals surface area contributed by atoms with E-state index in [2.05, 4.69) is 13.8 Å². The lowest BCUT2D eigenvalue weighted by atomic mass is 10.0. The first kappa shape index (κ1) is 10.9. The van der Waals surface area contributed by atoms with E-state index in [1.807, 2.05) is 6.92 Å². The molecule has 0 rings (SSSR count). The van der Waals surface area contributed by atoms with Crippen LogP contribution in [0.4, 0.5) is 0 Å². The Balaban J connectivity index is 3.01. The summed E-state index contributed by atoms with van der Waals surface area (Å²) in [7, 11) is 0. The Labute approximate surface area is 70.1 Å². The lowest BCUT2D eigenvalue weighted by molar-refractivity contribution is 0.0660. The van der Waals surface area contributed by atoms with E-state index in [1.54, 1.807) is 0 Å². The van der Waals surface area contributed by atoms with E-state index >= 15 is 0 Å². The average Bonchev–Trinajstić information content (AvgIpc) is 1.97. The molecule has 0 aliphatic heterocycles. The molecule has 0 radical (unpaired) electrons. The third-order valence-corrected chi connectivity index (χ3v) is 1.92. The molecule has 0 aliphatic carbocycles. The van der Waals surface area contributed by atoms with E-state index in [9.17, 15) is 0 Å². The van der Waals surface area contributed by atoms with Gasteiger partial charge in [-0.25, -0.2) is 0 Å². The summed E-state index contributed by atoms with van der Waals surface area (Å²) in [6, 6.07) is 0. The van der Waals surface area contributed by atoms with Crippen molar-refractivity contribution in [2.24, 2.45) is 11.7 Å². The van der Waals surface area contributed by atoms with Crippen LogP contribution in [0.25, 0.3) is 0 Å². The molecule has 2 unspecified atom stereocenters. The van der Waals surface area contributed by atoms with Gasteiger partial charge in [-0.15, -0.1) is 0 Å². The van der Waals surface area contributed by atoms with Crippen LogP contribution >= 0.6 is 0 Å². The number of ether oxygens (including phenoxy) is 1. The molecular formula is C9H21NO. The minimum Gasteiger partial charge on any atom is -0.364 e. The standard InChI is InChI=1S/C9H21NO/c1-4-8(2)6-5-7-11-9(3)10/h8-9H,4-7,10H2,1-3H3. The number of hydrogen-bond acceptors (Lipinski definition) is 2. The summed E-state index contributed by atoms with van der Waals surface area (Å²) in [5.74, 6) is 0.826. The zero-order valence-corrected chi connectivity index (χ0v) is 7.97. The molecular weight excluding hydrogens is 138 g/mol. The van der Waals surface area contributed by atoms with Crippen LogP contribution in [0.1, 0.15) is 40.0 Å². The summed E-state index contributed by atoms with van der Waals surface area (Å²) < 4.78 is 5.21. The van der Waals surface area contributed by atoms with Crippen molar-refractivity contribution < 1.29 is 4.74 Å².